The Labute approximate surface area is 172 Å². The van der Waals surface area contributed by atoms with Crippen LogP contribution in [0.3, 0.4) is 0 Å². The number of hydrogen-bond donors (Lipinski definition) is 1. The van der Waals surface area contributed by atoms with Crippen LogP contribution in [0.2, 0.25) is 0 Å². The maximum absolute atomic E-state index is 11.9. The van der Waals surface area contributed by atoms with Gasteiger partial charge < -0.3 is 19.3 Å². The SMILES string of the molecule is COc1ccc(C(Cc2ccc(OCCN3CCCC3)c(OC)c2)C(=O)O)cc1. The third-order valence-electron chi connectivity index (χ3n) is 5.35. The predicted octanol–water partition coefficient (Wildman–Crippen LogP) is 3.59. The number of rotatable bonds is 10. The van der Waals surface area contributed by atoms with Crippen molar-refractivity contribution in [3.8, 4) is 17.2 Å². The molecule has 1 aliphatic rings. The molecule has 2 aromatic carbocycles. The van der Waals surface area contributed by atoms with E-state index in [1.54, 1.807) is 38.5 Å². The Hall–Kier alpha value is -2.73. The molecule has 0 aliphatic carbocycles. The Morgan fingerprint density at radius 1 is 1.03 bits per heavy atom. The van der Waals surface area contributed by atoms with Crippen molar-refractivity contribution in [1.82, 2.24) is 4.90 Å². The highest BCUT2D eigenvalue weighted by Gasteiger charge is 2.21. The zero-order chi connectivity index (χ0) is 20.6. The highest BCUT2D eigenvalue weighted by atomic mass is 16.5. The first-order chi connectivity index (χ1) is 14.1. The van der Waals surface area contributed by atoms with Gasteiger partial charge in [-0.15, -0.1) is 0 Å². The smallest absolute Gasteiger partial charge is 0.311 e. The van der Waals surface area contributed by atoms with E-state index < -0.39 is 11.9 Å². The molecule has 0 amide bonds. The molecule has 1 N–H and O–H groups in total. The van der Waals surface area contributed by atoms with Crippen LogP contribution in [0.15, 0.2) is 42.5 Å². The average Bonchev–Trinajstić information content (AvgIpc) is 3.26. The van der Waals surface area contributed by atoms with Gasteiger partial charge in [-0.05, 0) is 67.7 Å². The van der Waals surface area contributed by atoms with Crippen LogP contribution < -0.4 is 14.2 Å². The van der Waals surface area contributed by atoms with E-state index in [-0.39, 0.29) is 0 Å². The van der Waals surface area contributed by atoms with E-state index in [4.69, 9.17) is 14.2 Å². The monoisotopic (exact) mass is 399 g/mol. The van der Waals surface area contributed by atoms with Crippen molar-refractivity contribution in [1.29, 1.82) is 0 Å². The third kappa shape index (κ3) is 5.64. The topological polar surface area (TPSA) is 68.2 Å². The Morgan fingerprint density at radius 3 is 2.38 bits per heavy atom. The maximum Gasteiger partial charge on any atom is 0.311 e. The van der Waals surface area contributed by atoms with E-state index in [2.05, 4.69) is 4.90 Å². The molecule has 0 bridgehead atoms. The summed E-state index contributed by atoms with van der Waals surface area (Å²) in [6, 6.07) is 12.8. The second kappa shape index (κ2) is 10.2. The van der Waals surface area contributed by atoms with Gasteiger partial charge in [0.1, 0.15) is 12.4 Å². The highest BCUT2D eigenvalue weighted by molar-refractivity contribution is 5.76. The standard InChI is InChI=1S/C23H29NO5/c1-27-19-8-6-18(7-9-19)20(23(25)26)15-17-5-10-21(22(16-17)28-2)29-14-13-24-11-3-4-12-24/h5-10,16,20H,3-4,11-15H2,1-2H3,(H,25,26). The number of carboxylic acids is 1. The number of benzene rings is 2. The van der Waals surface area contributed by atoms with Gasteiger partial charge >= 0.3 is 5.97 Å². The second-order valence-electron chi connectivity index (χ2n) is 7.25. The van der Waals surface area contributed by atoms with Gasteiger partial charge in [0, 0.05) is 6.54 Å². The number of aliphatic carboxylic acids is 1. The number of carboxylic acid groups (broad SMARTS) is 1. The van der Waals surface area contributed by atoms with Gasteiger partial charge in [0.2, 0.25) is 0 Å². The Kier molecular flexibility index (Phi) is 7.36. The molecular weight excluding hydrogens is 370 g/mol. The van der Waals surface area contributed by atoms with Crippen molar-refractivity contribution < 1.29 is 24.1 Å². The molecule has 1 saturated heterocycles. The van der Waals surface area contributed by atoms with Gasteiger partial charge in [-0.1, -0.05) is 18.2 Å². The molecule has 0 aromatic heterocycles. The number of ether oxygens (including phenoxy) is 3. The number of nitrogens with zero attached hydrogens (tertiary/aromatic N) is 1. The zero-order valence-electron chi connectivity index (χ0n) is 17.1. The van der Waals surface area contributed by atoms with Crippen molar-refractivity contribution in [2.24, 2.45) is 0 Å². The minimum absolute atomic E-state index is 0.367. The van der Waals surface area contributed by atoms with E-state index in [1.807, 2.05) is 18.2 Å². The number of methoxy groups -OCH3 is 2. The van der Waals surface area contributed by atoms with E-state index in [9.17, 15) is 9.90 Å². The maximum atomic E-state index is 11.9. The summed E-state index contributed by atoms with van der Waals surface area (Å²) in [5.41, 5.74) is 1.63. The van der Waals surface area contributed by atoms with Gasteiger partial charge in [0.05, 0.1) is 20.1 Å². The fourth-order valence-electron chi connectivity index (χ4n) is 3.67. The first kappa shape index (κ1) is 21.0. The number of carbonyl (C=O) groups is 1. The fraction of sp³-hybridized carbons (Fsp3) is 0.435. The van der Waals surface area contributed by atoms with Crippen molar-refractivity contribution in [3.63, 3.8) is 0 Å². The van der Waals surface area contributed by atoms with Gasteiger partial charge in [-0.3, -0.25) is 9.69 Å². The number of hydrogen-bond acceptors (Lipinski definition) is 5. The molecule has 0 saturated carbocycles. The molecule has 1 atom stereocenters. The average molecular weight is 399 g/mol. The molecule has 1 aliphatic heterocycles. The molecule has 6 heteroatoms. The molecule has 6 nitrogen and oxygen atoms in total. The summed E-state index contributed by atoms with van der Waals surface area (Å²) in [5, 5.41) is 9.72. The lowest BCUT2D eigenvalue weighted by atomic mass is 9.92. The molecule has 1 unspecified atom stereocenters. The van der Waals surface area contributed by atoms with Crippen molar-refractivity contribution >= 4 is 5.97 Å². The first-order valence-corrected chi connectivity index (χ1v) is 9.99. The first-order valence-electron chi connectivity index (χ1n) is 9.99. The largest absolute Gasteiger partial charge is 0.497 e. The molecule has 1 fully saturated rings. The Bertz CT molecular complexity index is 799. The van der Waals surface area contributed by atoms with Crippen molar-refractivity contribution in [2.75, 3.05) is 40.5 Å². The number of likely N-dealkylation sites (tertiary alicyclic amines) is 1. The fourth-order valence-corrected chi connectivity index (χ4v) is 3.67. The summed E-state index contributed by atoms with van der Waals surface area (Å²) >= 11 is 0. The quantitative estimate of drug-likeness (QED) is 0.659. The van der Waals surface area contributed by atoms with Gasteiger partial charge in [0.25, 0.3) is 0 Å². The molecule has 3 rings (SSSR count). The lowest BCUT2D eigenvalue weighted by Crippen LogP contribution is -2.25. The van der Waals surface area contributed by atoms with Crippen LogP contribution in [0, 0.1) is 0 Å². The van der Waals surface area contributed by atoms with Gasteiger partial charge in [-0.2, -0.15) is 0 Å². The highest BCUT2D eigenvalue weighted by Crippen LogP contribution is 2.31. The van der Waals surface area contributed by atoms with E-state index in [0.717, 1.165) is 30.8 Å². The van der Waals surface area contributed by atoms with E-state index in [1.165, 1.54) is 12.8 Å². The summed E-state index contributed by atoms with van der Waals surface area (Å²) in [6.07, 6.45) is 2.89. The molecule has 1 heterocycles. The molecule has 0 radical (unpaired) electrons. The summed E-state index contributed by atoms with van der Waals surface area (Å²) in [6.45, 7) is 3.80. The van der Waals surface area contributed by atoms with Crippen LogP contribution >= 0.6 is 0 Å². The summed E-state index contributed by atoms with van der Waals surface area (Å²) in [7, 11) is 3.19. The van der Waals surface area contributed by atoms with Crippen LogP contribution in [0.4, 0.5) is 0 Å². The lowest BCUT2D eigenvalue weighted by molar-refractivity contribution is -0.138. The van der Waals surface area contributed by atoms with Crippen LogP contribution in [-0.4, -0.2) is 56.4 Å². The second-order valence-corrected chi connectivity index (χ2v) is 7.25. The van der Waals surface area contributed by atoms with Gasteiger partial charge in [-0.25, -0.2) is 0 Å². The van der Waals surface area contributed by atoms with Gasteiger partial charge in [0.15, 0.2) is 11.5 Å². The summed E-state index contributed by atoms with van der Waals surface area (Å²) < 4.78 is 16.5. The molecular formula is C23H29NO5. The lowest BCUT2D eigenvalue weighted by Gasteiger charge is -2.17. The minimum Gasteiger partial charge on any atom is -0.497 e. The van der Waals surface area contributed by atoms with E-state index >= 15 is 0 Å². The zero-order valence-corrected chi connectivity index (χ0v) is 17.1. The van der Waals surface area contributed by atoms with Crippen LogP contribution in [0.25, 0.3) is 0 Å². The van der Waals surface area contributed by atoms with E-state index in [0.29, 0.717) is 30.3 Å². The Morgan fingerprint density at radius 2 is 1.76 bits per heavy atom. The molecule has 0 spiro atoms. The van der Waals surface area contributed by atoms with Crippen LogP contribution in [-0.2, 0) is 11.2 Å². The summed E-state index contributed by atoms with van der Waals surface area (Å²) in [4.78, 5) is 14.3. The Balaban J connectivity index is 1.67. The molecule has 156 valence electrons. The predicted molar refractivity (Wildman–Crippen MR) is 111 cm³/mol. The minimum atomic E-state index is -0.861. The van der Waals surface area contributed by atoms with Crippen molar-refractivity contribution in [3.05, 3.63) is 53.6 Å². The third-order valence-corrected chi connectivity index (χ3v) is 5.35. The van der Waals surface area contributed by atoms with Crippen LogP contribution in [0.1, 0.15) is 29.9 Å². The normalized spacial score (nSPS) is 15.1. The summed E-state index contributed by atoms with van der Waals surface area (Å²) in [5.74, 6) is 0.511. The van der Waals surface area contributed by atoms with Crippen LogP contribution in [0.5, 0.6) is 17.2 Å². The van der Waals surface area contributed by atoms with Crippen molar-refractivity contribution in [2.45, 2.75) is 25.2 Å². The molecule has 29 heavy (non-hydrogen) atoms. The molecule has 2 aromatic rings.